The molecule has 0 saturated carbocycles. The van der Waals surface area contributed by atoms with Crippen molar-refractivity contribution in [1.29, 1.82) is 0 Å². The Morgan fingerprint density at radius 1 is 1.24 bits per heavy atom. The van der Waals surface area contributed by atoms with Crippen molar-refractivity contribution in [1.82, 2.24) is 0 Å². The summed E-state index contributed by atoms with van der Waals surface area (Å²) in [7, 11) is 1.53. The lowest BCUT2D eigenvalue weighted by molar-refractivity contribution is -0.144. The Kier molecular flexibility index (Phi) is 4.23. The van der Waals surface area contributed by atoms with Gasteiger partial charge in [-0.25, -0.2) is 4.79 Å². The molecule has 0 aromatic heterocycles. The lowest BCUT2D eigenvalue weighted by Gasteiger charge is -2.29. The van der Waals surface area contributed by atoms with Gasteiger partial charge in [0.15, 0.2) is 11.8 Å². The fraction of sp³-hybridized carbons (Fsp3) is 0.333. The van der Waals surface area contributed by atoms with E-state index in [1.807, 2.05) is 0 Å². The number of ketones is 1. The van der Waals surface area contributed by atoms with Crippen LogP contribution in [-0.2, 0) is 9.59 Å². The molecule has 2 N–H and O–H groups in total. The van der Waals surface area contributed by atoms with E-state index in [1.165, 1.54) is 18.9 Å². The average molecular weight is 237 g/mol. The number of nitrogens with zero attached hydrogens (tertiary/aromatic N) is 1. The molecule has 0 amide bonds. The summed E-state index contributed by atoms with van der Waals surface area (Å²) in [4.78, 5) is 23.6. The van der Waals surface area contributed by atoms with Gasteiger partial charge in [-0.15, -0.1) is 0 Å². The van der Waals surface area contributed by atoms with Gasteiger partial charge < -0.3 is 15.1 Å². The van der Waals surface area contributed by atoms with Gasteiger partial charge in [-0.1, -0.05) is 18.2 Å². The quantitative estimate of drug-likeness (QED) is 0.781. The van der Waals surface area contributed by atoms with Crippen molar-refractivity contribution < 1.29 is 19.8 Å². The topological polar surface area (TPSA) is 77.8 Å². The van der Waals surface area contributed by atoms with Crippen molar-refractivity contribution in [2.45, 2.75) is 19.1 Å². The number of hydrogen-bond acceptors (Lipinski definition) is 4. The van der Waals surface area contributed by atoms with Crippen molar-refractivity contribution in [3.8, 4) is 0 Å². The minimum atomic E-state index is -1.54. The van der Waals surface area contributed by atoms with E-state index in [4.69, 9.17) is 5.11 Å². The standard InChI is InChI=1S/C12H15NO4/c1-8(14)11(15)10(12(16)17)13(2)9-6-4-3-5-7-9/h3-7,10-11,15H,1-2H3,(H,16,17). The van der Waals surface area contributed by atoms with E-state index in [-0.39, 0.29) is 0 Å². The molecule has 0 spiro atoms. The summed E-state index contributed by atoms with van der Waals surface area (Å²) in [6.07, 6.45) is -1.54. The van der Waals surface area contributed by atoms with Gasteiger partial charge in [0.1, 0.15) is 6.10 Å². The van der Waals surface area contributed by atoms with Crippen molar-refractivity contribution >= 4 is 17.4 Å². The number of aliphatic hydroxyl groups excluding tert-OH is 1. The molecular weight excluding hydrogens is 222 g/mol. The number of Topliss-reactive ketones (excluding diaryl/α,β-unsaturated/α-hetero) is 1. The predicted molar refractivity (Wildman–Crippen MR) is 63.0 cm³/mol. The van der Waals surface area contributed by atoms with Crippen LogP contribution in [0.1, 0.15) is 6.92 Å². The molecule has 1 rings (SSSR count). The molecule has 5 heteroatoms. The van der Waals surface area contributed by atoms with Crippen molar-refractivity contribution in [3.05, 3.63) is 30.3 Å². The summed E-state index contributed by atoms with van der Waals surface area (Å²) in [5.74, 6) is -1.81. The van der Waals surface area contributed by atoms with Gasteiger partial charge in [0.05, 0.1) is 0 Å². The van der Waals surface area contributed by atoms with Gasteiger partial charge in [-0.3, -0.25) is 4.79 Å². The highest BCUT2D eigenvalue weighted by atomic mass is 16.4. The molecule has 0 heterocycles. The maximum absolute atomic E-state index is 11.1. The zero-order valence-corrected chi connectivity index (χ0v) is 9.70. The number of aliphatic carboxylic acids is 1. The zero-order chi connectivity index (χ0) is 13.0. The largest absolute Gasteiger partial charge is 0.480 e. The van der Waals surface area contributed by atoms with E-state index in [9.17, 15) is 14.7 Å². The third kappa shape index (κ3) is 3.04. The maximum Gasteiger partial charge on any atom is 0.329 e. The summed E-state index contributed by atoms with van der Waals surface area (Å²) in [5.41, 5.74) is 0.625. The summed E-state index contributed by atoms with van der Waals surface area (Å²) < 4.78 is 0. The van der Waals surface area contributed by atoms with Crippen LogP contribution in [0.2, 0.25) is 0 Å². The number of benzene rings is 1. The summed E-state index contributed by atoms with van der Waals surface area (Å²) in [6, 6.07) is 7.45. The Labute approximate surface area is 99.3 Å². The molecule has 92 valence electrons. The lowest BCUT2D eigenvalue weighted by Crippen LogP contribution is -2.50. The number of carboxylic acid groups (broad SMARTS) is 1. The van der Waals surface area contributed by atoms with E-state index in [1.54, 1.807) is 30.3 Å². The minimum Gasteiger partial charge on any atom is -0.480 e. The molecule has 5 nitrogen and oxygen atoms in total. The molecule has 17 heavy (non-hydrogen) atoms. The van der Waals surface area contributed by atoms with Gasteiger partial charge in [-0.2, -0.15) is 0 Å². The van der Waals surface area contributed by atoms with Crippen LogP contribution < -0.4 is 4.90 Å². The zero-order valence-electron chi connectivity index (χ0n) is 9.70. The molecule has 0 radical (unpaired) electrons. The molecule has 0 aliphatic carbocycles. The fourth-order valence-electron chi connectivity index (χ4n) is 1.56. The Bertz CT molecular complexity index is 404. The normalized spacial score (nSPS) is 13.8. The van der Waals surface area contributed by atoms with Crippen LogP contribution in [0.25, 0.3) is 0 Å². The van der Waals surface area contributed by atoms with E-state index >= 15 is 0 Å². The van der Waals surface area contributed by atoms with Crippen molar-refractivity contribution in [2.24, 2.45) is 0 Å². The monoisotopic (exact) mass is 237 g/mol. The molecular formula is C12H15NO4. The second kappa shape index (κ2) is 5.45. The molecule has 0 saturated heterocycles. The first-order valence-corrected chi connectivity index (χ1v) is 5.14. The van der Waals surface area contributed by atoms with Crippen LogP contribution in [0.15, 0.2) is 30.3 Å². The van der Waals surface area contributed by atoms with Gasteiger partial charge in [-0.05, 0) is 19.1 Å². The second-order valence-electron chi connectivity index (χ2n) is 3.79. The first-order valence-electron chi connectivity index (χ1n) is 5.14. The van der Waals surface area contributed by atoms with Crippen LogP contribution in [0, 0.1) is 0 Å². The van der Waals surface area contributed by atoms with Crippen LogP contribution in [0.5, 0.6) is 0 Å². The third-order valence-electron chi connectivity index (χ3n) is 2.55. The minimum absolute atomic E-state index is 0.569. The molecule has 2 atom stereocenters. The average Bonchev–Trinajstić information content (AvgIpc) is 2.29. The highest BCUT2D eigenvalue weighted by Gasteiger charge is 2.33. The molecule has 1 aromatic carbocycles. The first kappa shape index (κ1) is 13.2. The Hall–Kier alpha value is -1.88. The predicted octanol–water partition coefficient (Wildman–Crippen LogP) is 0.526. The second-order valence-corrected chi connectivity index (χ2v) is 3.79. The van der Waals surface area contributed by atoms with E-state index in [0.717, 1.165) is 0 Å². The van der Waals surface area contributed by atoms with Crippen molar-refractivity contribution in [2.75, 3.05) is 11.9 Å². The number of hydrogen-bond donors (Lipinski definition) is 2. The summed E-state index contributed by atoms with van der Waals surface area (Å²) >= 11 is 0. The van der Waals surface area contributed by atoms with Gasteiger partial charge in [0.2, 0.25) is 0 Å². The van der Waals surface area contributed by atoms with Crippen LogP contribution in [-0.4, -0.2) is 41.2 Å². The van der Waals surface area contributed by atoms with Gasteiger partial charge >= 0.3 is 5.97 Å². The first-order chi connectivity index (χ1) is 7.95. The number of anilines is 1. The summed E-state index contributed by atoms with van der Waals surface area (Å²) in [5, 5.41) is 18.7. The highest BCUT2D eigenvalue weighted by Crippen LogP contribution is 2.16. The van der Waals surface area contributed by atoms with Crippen LogP contribution >= 0.6 is 0 Å². The smallest absolute Gasteiger partial charge is 0.329 e. The molecule has 0 aliphatic rings. The van der Waals surface area contributed by atoms with E-state index in [0.29, 0.717) is 5.69 Å². The van der Waals surface area contributed by atoms with Gasteiger partial charge in [0.25, 0.3) is 0 Å². The number of carboxylic acids is 1. The Morgan fingerprint density at radius 3 is 2.18 bits per heavy atom. The molecule has 1 aromatic rings. The number of carbonyl (C=O) groups is 2. The molecule has 0 bridgehead atoms. The highest BCUT2D eigenvalue weighted by molar-refractivity contribution is 5.90. The maximum atomic E-state index is 11.1. The number of carbonyl (C=O) groups excluding carboxylic acids is 1. The lowest BCUT2D eigenvalue weighted by atomic mass is 10.1. The number of aliphatic hydroxyl groups is 1. The Balaban J connectivity index is 3.00. The SMILES string of the molecule is CC(=O)C(O)C(C(=O)O)N(C)c1ccccc1. The molecule has 2 unspecified atom stereocenters. The van der Waals surface area contributed by atoms with Gasteiger partial charge in [0, 0.05) is 12.7 Å². The molecule has 0 aliphatic heterocycles. The number of rotatable bonds is 5. The number of likely N-dealkylation sites (N-methyl/N-ethyl adjacent to an activating group) is 1. The number of para-hydroxylation sites is 1. The fourth-order valence-corrected chi connectivity index (χ4v) is 1.56. The van der Waals surface area contributed by atoms with Crippen molar-refractivity contribution in [3.63, 3.8) is 0 Å². The summed E-state index contributed by atoms with van der Waals surface area (Å²) in [6.45, 7) is 1.17. The Morgan fingerprint density at radius 2 is 1.76 bits per heavy atom. The van der Waals surface area contributed by atoms with Crippen LogP contribution in [0.3, 0.4) is 0 Å². The van der Waals surface area contributed by atoms with Crippen LogP contribution in [0.4, 0.5) is 5.69 Å². The third-order valence-corrected chi connectivity index (χ3v) is 2.55. The van der Waals surface area contributed by atoms with E-state index in [2.05, 4.69) is 0 Å². The van der Waals surface area contributed by atoms with E-state index < -0.39 is 23.9 Å². The molecule has 0 fully saturated rings.